The molecule has 0 saturated carbocycles. The first kappa shape index (κ1) is 16.0. The monoisotopic (exact) mass is 303 g/mol. The number of benzene rings is 1. The number of ether oxygens (including phenoxy) is 1. The summed E-state index contributed by atoms with van der Waals surface area (Å²) >= 11 is 0. The number of hydrogen-bond acceptors (Lipinski definition) is 4. The number of esters is 1. The Morgan fingerprint density at radius 3 is 2.73 bits per heavy atom. The summed E-state index contributed by atoms with van der Waals surface area (Å²) in [5.41, 5.74) is 0.990. The number of fused-ring (bicyclic) bond motifs is 1. The summed E-state index contributed by atoms with van der Waals surface area (Å²) in [4.78, 5) is 23.7. The molecule has 0 saturated heterocycles. The molecule has 2 rings (SSSR count). The van der Waals surface area contributed by atoms with E-state index in [1.807, 2.05) is 38.1 Å². The summed E-state index contributed by atoms with van der Waals surface area (Å²) in [6.07, 6.45) is 2.03. The number of aryl methyl sites for hydroxylation is 1. The Bertz CT molecular complexity index is 663. The Kier molecular flexibility index (Phi) is 5.14. The van der Waals surface area contributed by atoms with Gasteiger partial charge in [0, 0.05) is 11.8 Å². The highest BCUT2D eigenvalue weighted by molar-refractivity contribution is 5.84. The van der Waals surface area contributed by atoms with Crippen LogP contribution in [-0.4, -0.2) is 34.8 Å². The molecule has 0 fully saturated rings. The zero-order valence-corrected chi connectivity index (χ0v) is 13.1. The Morgan fingerprint density at radius 2 is 2.05 bits per heavy atom. The van der Waals surface area contributed by atoms with Crippen molar-refractivity contribution in [3.05, 3.63) is 30.5 Å². The fraction of sp³-hybridized carbons (Fsp3) is 0.438. The number of hydrogen-bond donors (Lipinski definition) is 1. The van der Waals surface area contributed by atoms with Gasteiger partial charge in [0.15, 0.2) is 0 Å². The minimum atomic E-state index is -0.619. The third-order valence-corrected chi connectivity index (χ3v) is 3.54. The lowest BCUT2D eigenvalue weighted by Crippen LogP contribution is -2.45. The van der Waals surface area contributed by atoms with Gasteiger partial charge >= 0.3 is 5.97 Å². The van der Waals surface area contributed by atoms with E-state index in [1.165, 1.54) is 7.11 Å². The van der Waals surface area contributed by atoms with E-state index >= 15 is 0 Å². The molecule has 1 N–H and O–H groups in total. The summed E-state index contributed by atoms with van der Waals surface area (Å²) in [6, 6.07) is 7.21. The van der Waals surface area contributed by atoms with Crippen LogP contribution in [0.3, 0.4) is 0 Å². The van der Waals surface area contributed by atoms with Crippen molar-refractivity contribution in [1.82, 2.24) is 15.1 Å². The number of nitrogens with one attached hydrogen (secondary N) is 1. The second-order valence-electron chi connectivity index (χ2n) is 5.49. The number of nitrogens with zero attached hydrogens (tertiary/aromatic N) is 2. The van der Waals surface area contributed by atoms with Gasteiger partial charge in [0.1, 0.15) is 6.04 Å². The number of amides is 1. The predicted octanol–water partition coefficient (Wildman–Crippen LogP) is 1.74. The Morgan fingerprint density at radius 1 is 1.32 bits per heavy atom. The van der Waals surface area contributed by atoms with Crippen molar-refractivity contribution >= 4 is 22.8 Å². The van der Waals surface area contributed by atoms with Gasteiger partial charge in [0.25, 0.3) is 0 Å². The molecule has 0 radical (unpaired) electrons. The molecular weight excluding hydrogens is 282 g/mol. The van der Waals surface area contributed by atoms with E-state index in [0.717, 1.165) is 10.9 Å². The minimum absolute atomic E-state index is 0.0260. The molecule has 1 aromatic heterocycles. The average molecular weight is 303 g/mol. The first-order valence-electron chi connectivity index (χ1n) is 7.30. The van der Waals surface area contributed by atoms with Crippen LogP contribution in [0.25, 0.3) is 10.9 Å². The lowest BCUT2D eigenvalue weighted by atomic mass is 10.0. The Hall–Kier alpha value is -2.37. The van der Waals surface area contributed by atoms with Gasteiger partial charge in [-0.2, -0.15) is 5.10 Å². The van der Waals surface area contributed by atoms with E-state index in [2.05, 4.69) is 10.4 Å². The highest BCUT2D eigenvalue weighted by Crippen LogP contribution is 2.13. The predicted molar refractivity (Wildman–Crippen MR) is 83.1 cm³/mol. The van der Waals surface area contributed by atoms with Crippen LogP contribution in [0.2, 0.25) is 0 Å². The molecule has 1 amide bonds. The molecule has 0 aliphatic rings. The molecule has 6 heteroatoms. The van der Waals surface area contributed by atoms with Crippen LogP contribution in [-0.2, 0) is 20.9 Å². The van der Waals surface area contributed by atoms with Crippen molar-refractivity contribution in [3.8, 4) is 0 Å². The maximum absolute atomic E-state index is 12.0. The number of carbonyl (C=O) groups excluding carboxylic acids is 2. The zero-order valence-electron chi connectivity index (χ0n) is 13.1. The van der Waals surface area contributed by atoms with Gasteiger partial charge in [-0.15, -0.1) is 0 Å². The summed E-state index contributed by atoms with van der Waals surface area (Å²) in [6.45, 7) is 4.19. The number of methoxy groups -OCH3 is 1. The minimum Gasteiger partial charge on any atom is -0.467 e. The second-order valence-corrected chi connectivity index (χ2v) is 5.49. The topological polar surface area (TPSA) is 73.2 Å². The van der Waals surface area contributed by atoms with E-state index in [0.29, 0.717) is 6.54 Å². The normalized spacial score (nSPS) is 12.4. The molecule has 6 nitrogen and oxygen atoms in total. The Balaban J connectivity index is 1.96. The van der Waals surface area contributed by atoms with Crippen molar-refractivity contribution in [2.45, 2.75) is 32.9 Å². The van der Waals surface area contributed by atoms with Gasteiger partial charge < -0.3 is 10.1 Å². The first-order chi connectivity index (χ1) is 10.5. The molecule has 2 aromatic rings. The van der Waals surface area contributed by atoms with Crippen molar-refractivity contribution < 1.29 is 14.3 Å². The van der Waals surface area contributed by atoms with E-state index < -0.39 is 12.0 Å². The van der Waals surface area contributed by atoms with E-state index in [9.17, 15) is 9.59 Å². The lowest BCUT2D eigenvalue weighted by Gasteiger charge is -2.19. The third-order valence-electron chi connectivity index (χ3n) is 3.54. The fourth-order valence-corrected chi connectivity index (χ4v) is 2.28. The maximum atomic E-state index is 12.0. The van der Waals surface area contributed by atoms with Crippen LogP contribution in [0.4, 0.5) is 0 Å². The van der Waals surface area contributed by atoms with Crippen molar-refractivity contribution in [2.24, 2.45) is 5.92 Å². The van der Waals surface area contributed by atoms with Gasteiger partial charge in [-0.3, -0.25) is 9.48 Å². The highest BCUT2D eigenvalue weighted by atomic mass is 16.5. The van der Waals surface area contributed by atoms with Crippen LogP contribution in [0.5, 0.6) is 0 Å². The standard InChI is InChI=1S/C16H21N3O3/c1-11(2)15(16(21)22-3)18-14(20)8-9-19-13-7-5-4-6-12(13)10-17-19/h4-7,10-11,15H,8-9H2,1-3H3,(H,18,20). The van der Waals surface area contributed by atoms with Gasteiger partial charge in [0.2, 0.25) is 5.91 Å². The van der Waals surface area contributed by atoms with E-state index in [4.69, 9.17) is 4.74 Å². The summed E-state index contributed by atoms with van der Waals surface area (Å²) in [7, 11) is 1.32. The summed E-state index contributed by atoms with van der Waals surface area (Å²) < 4.78 is 6.50. The molecule has 0 aliphatic carbocycles. The van der Waals surface area contributed by atoms with Crippen molar-refractivity contribution in [3.63, 3.8) is 0 Å². The molecular formula is C16H21N3O3. The number of rotatable bonds is 6. The summed E-state index contributed by atoms with van der Waals surface area (Å²) in [5.74, 6) is -0.640. The van der Waals surface area contributed by atoms with Gasteiger partial charge in [-0.05, 0) is 12.0 Å². The molecule has 1 aromatic carbocycles. The molecule has 0 aliphatic heterocycles. The molecule has 0 bridgehead atoms. The van der Waals surface area contributed by atoms with Crippen molar-refractivity contribution in [1.29, 1.82) is 0 Å². The maximum Gasteiger partial charge on any atom is 0.328 e. The van der Waals surface area contributed by atoms with E-state index in [1.54, 1.807) is 10.9 Å². The van der Waals surface area contributed by atoms with Crippen LogP contribution >= 0.6 is 0 Å². The van der Waals surface area contributed by atoms with Crippen LogP contribution in [0.15, 0.2) is 30.5 Å². The second kappa shape index (κ2) is 7.06. The SMILES string of the molecule is COC(=O)C(NC(=O)CCn1ncc2ccccc21)C(C)C. The zero-order chi connectivity index (χ0) is 16.1. The molecule has 22 heavy (non-hydrogen) atoms. The molecule has 1 heterocycles. The summed E-state index contributed by atoms with van der Waals surface area (Å²) in [5, 5.41) is 8.04. The van der Waals surface area contributed by atoms with Crippen molar-refractivity contribution in [2.75, 3.05) is 7.11 Å². The smallest absolute Gasteiger partial charge is 0.328 e. The fourth-order valence-electron chi connectivity index (χ4n) is 2.28. The molecule has 118 valence electrons. The van der Waals surface area contributed by atoms with Crippen LogP contribution in [0, 0.1) is 5.92 Å². The van der Waals surface area contributed by atoms with E-state index in [-0.39, 0.29) is 18.2 Å². The molecule has 1 unspecified atom stereocenters. The third kappa shape index (κ3) is 3.63. The largest absolute Gasteiger partial charge is 0.467 e. The van der Waals surface area contributed by atoms with Gasteiger partial charge in [-0.1, -0.05) is 32.0 Å². The van der Waals surface area contributed by atoms with Crippen LogP contribution in [0.1, 0.15) is 20.3 Å². The quantitative estimate of drug-likeness (QED) is 0.825. The molecule has 1 atom stereocenters. The highest BCUT2D eigenvalue weighted by Gasteiger charge is 2.24. The van der Waals surface area contributed by atoms with Gasteiger partial charge in [-0.25, -0.2) is 4.79 Å². The Labute approximate surface area is 129 Å². The number of aromatic nitrogens is 2. The van der Waals surface area contributed by atoms with Crippen LogP contribution < -0.4 is 5.32 Å². The number of carbonyl (C=O) groups is 2. The number of para-hydroxylation sites is 1. The van der Waals surface area contributed by atoms with Gasteiger partial charge in [0.05, 0.1) is 25.4 Å². The average Bonchev–Trinajstić information content (AvgIpc) is 2.93. The molecule has 0 spiro atoms. The lowest BCUT2D eigenvalue weighted by molar-refractivity contribution is -0.146. The first-order valence-corrected chi connectivity index (χ1v) is 7.30.